The van der Waals surface area contributed by atoms with E-state index in [2.05, 4.69) is 20.7 Å². The number of nitrogens with one attached hydrogen (secondary N) is 1. The van der Waals surface area contributed by atoms with Crippen molar-refractivity contribution in [2.45, 2.75) is 51.5 Å². The van der Waals surface area contributed by atoms with E-state index in [9.17, 15) is 4.79 Å². The topological polar surface area (TPSA) is 64.1 Å². The Balaban J connectivity index is 1.43. The van der Waals surface area contributed by atoms with Crippen molar-refractivity contribution in [1.82, 2.24) is 15.3 Å². The maximum absolute atomic E-state index is 12.8. The summed E-state index contributed by atoms with van der Waals surface area (Å²) < 4.78 is 5.49. The van der Waals surface area contributed by atoms with Crippen molar-refractivity contribution < 1.29 is 9.53 Å². The SMILES string of the molecule is CCOc1ccc(-c2nc(CC(=O)NC3(c4nc(C)cs4)CCCC3)cs2)cc1. The predicted octanol–water partition coefficient (Wildman–Crippen LogP) is 5.10. The van der Waals surface area contributed by atoms with Crippen LogP contribution in [0.25, 0.3) is 10.6 Å². The molecular weight excluding hydrogens is 402 g/mol. The first-order valence-corrected chi connectivity index (χ1v) is 11.8. The summed E-state index contributed by atoms with van der Waals surface area (Å²) in [6, 6.07) is 7.91. The number of carbonyl (C=O) groups is 1. The third-order valence-corrected chi connectivity index (χ3v) is 7.27. The molecule has 29 heavy (non-hydrogen) atoms. The van der Waals surface area contributed by atoms with E-state index in [1.807, 2.05) is 43.5 Å². The second kappa shape index (κ2) is 8.63. The maximum Gasteiger partial charge on any atom is 0.226 e. The van der Waals surface area contributed by atoms with E-state index in [1.165, 1.54) is 0 Å². The van der Waals surface area contributed by atoms with Crippen LogP contribution in [0.1, 0.15) is 49.0 Å². The van der Waals surface area contributed by atoms with Crippen molar-refractivity contribution in [2.75, 3.05) is 6.61 Å². The number of thiazole rings is 2. The Labute approximate surface area is 179 Å². The lowest BCUT2D eigenvalue weighted by atomic mass is 9.98. The first-order valence-electron chi connectivity index (χ1n) is 9.99. The molecule has 0 saturated heterocycles. The molecule has 1 amide bonds. The zero-order valence-corrected chi connectivity index (χ0v) is 18.4. The van der Waals surface area contributed by atoms with E-state index in [1.54, 1.807) is 22.7 Å². The van der Waals surface area contributed by atoms with Crippen LogP contribution in [0, 0.1) is 6.92 Å². The first kappa shape index (κ1) is 20.0. The molecule has 2 heterocycles. The molecular formula is C22H25N3O2S2. The van der Waals surface area contributed by atoms with Gasteiger partial charge in [0.1, 0.15) is 15.8 Å². The number of nitrogens with zero attached hydrogens (tertiary/aromatic N) is 2. The molecule has 1 saturated carbocycles. The fourth-order valence-corrected chi connectivity index (χ4v) is 5.64. The van der Waals surface area contributed by atoms with Gasteiger partial charge in [-0.05, 0) is 51.0 Å². The average molecular weight is 428 g/mol. The minimum absolute atomic E-state index is 0.0169. The molecule has 1 fully saturated rings. The van der Waals surface area contributed by atoms with E-state index >= 15 is 0 Å². The largest absolute Gasteiger partial charge is 0.494 e. The van der Waals surface area contributed by atoms with E-state index in [-0.39, 0.29) is 11.4 Å². The number of hydrogen-bond acceptors (Lipinski definition) is 6. The van der Waals surface area contributed by atoms with Crippen LogP contribution < -0.4 is 10.1 Å². The van der Waals surface area contributed by atoms with Crippen LogP contribution in [-0.2, 0) is 16.8 Å². The van der Waals surface area contributed by atoms with Crippen LogP contribution in [0.5, 0.6) is 5.75 Å². The lowest BCUT2D eigenvalue weighted by Gasteiger charge is -2.28. The quantitative estimate of drug-likeness (QED) is 0.570. The lowest BCUT2D eigenvalue weighted by Crippen LogP contribution is -2.44. The molecule has 3 aromatic rings. The Bertz CT molecular complexity index is 972. The zero-order valence-electron chi connectivity index (χ0n) is 16.7. The second-order valence-electron chi connectivity index (χ2n) is 7.41. The van der Waals surface area contributed by atoms with E-state index in [0.29, 0.717) is 13.0 Å². The average Bonchev–Trinajstić information content (AvgIpc) is 3.45. The van der Waals surface area contributed by atoms with Gasteiger partial charge in [-0.2, -0.15) is 0 Å². The molecule has 1 aliphatic carbocycles. The summed E-state index contributed by atoms with van der Waals surface area (Å²) in [5.74, 6) is 0.870. The van der Waals surface area contributed by atoms with Crippen LogP contribution in [0.3, 0.4) is 0 Å². The molecule has 7 heteroatoms. The standard InChI is InChI=1S/C22H25N3O2S2/c1-3-27-18-8-6-16(7-9-18)20-24-17(14-28-20)12-19(26)25-22(10-4-5-11-22)21-23-15(2)13-29-21/h6-9,13-14H,3-5,10-12H2,1-2H3,(H,25,26). The van der Waals surface area contributed by atoms with Crippen molar-refractivity contribution in [3.8, 4) is 16.3 Å². The van der Waals surface area contributed by atoms with Gasteiger partial charge in [-0.15, -0.1) is 22.7 Å². The highest BCUT2D eigenvalue weighted by Gasteiger charge is 2.39. The Hall–Kier alpha value is -2.25. The number of amides is 1. The number of rotatable bonds is 7. The highest BCUT2D eigenvalue weighted by molar-refractivity contribution is 7.13. The lowest BCUT2D eigenvalue weighted by molar-refractivity contribution is -0.122. The van der Waals surface area contributed by atoms with Gasteiger partial charge in [0.15, 0.2) is 0 Å². The molecule has 0 spiro atoms. The van der Waals surface area contributed by atoms with E-state index < -0.39 is 0 Å². The van der Waals surface area contributed by atoms with Crippen molar-refractivity contribution in [2.24, 2.45) is 0 Å². The monoisotopic (exact) mass is 427 g/mol. The highest BCUT2D eigenvalue weighted by atomic mass is 32.1. The molecule has 0 bridgehead atoms. The molecule has 1 N–H and O–H groups in total. The molecule has 4 rings (SSSR count). The molecule has 0 radical (unpaired) electrons. The Morgan fingerprint density at radius 1 is 1.14 bits per heavy atom. The molecule has 0 aliphatic heterocycles. The first-order chi connectivity index (χ1) is 14.1. The van der Waals surface area contributed by atoms with Crippen LogP contribution in [-0.4, -0.2) is 22.5 Å². The van der Waals surface area contributed by atoms with Gasteiger partial charge < -0.3 is 10.1 Å². The maximum atomic E-state index is 12.8. The van der Waals surface area contributed by atoms with Crippen molar-refractivity contribution in [3.63, 3.8) is 0 Å². The molecule has 152 valence electrons. The third kappa shape index (κ3) is 4.51. The summed E-state index contributed by atoms with van der Waals surface area (Å²) in [5.41, 5.74) is 2.56. The minimum atomic E-state index is -0.302. The van der Waals surface area contributed by atoms with Gasteiger partial charge in [-0.25, -0.2) is 9.97 Å². The number of aromatic nitrogens is 2. The highest BCUT2D eigenvalue weighted by Crippen LogP contribution is 2.40. The normalized spacial score (nSPS) is 15.4. The van der Waals surface area contributed by atoms with Gasteiger partial charge in [-0.1, -0.05) is 12.8 Å². The Morgan fingerprint density at radius 2 is 1.90 bits per heavy atom. The molecule has 2 aromatic heterocycles. The fourth-order valence-electron chi connectivity index (χ4n) is 3.80. The Morgan fingerprint density at radius 3 is 2.55 bits per heavy atom. The number of aryl methyl sites for hydroxylation is 1. The summed E-state index contributed by atoms with van der Waals surface area (Å²) in [4.78, 5) is 22.2. The summed E-state index contributed by atoms with van der Waals surface area (Å²) in [6.45, 7) is 4.62. The minimum Gasteiger partial charge on any atom is -0.494 e. The van der Waals surface area contributed by atoms with E-state index in [0.717, 1.165) is 58.4 Å². The molecule has 0 atom stereocenters. The van der Waals surface area contributed by atoms with Gasteiger partial charge in [0.05, 0.1) is 24.3 Å². The van der Waals surface area contributed by atoms with Gasteiger partial charge >= 0.3 is 0 Å². The number of hydrogen-bond donors (Lipinski definition) is 1. The van der Waals surface area contributed by atoms with Crippen molar-refractivity contribution in [1.29, 1.82) is 0 Å². The zero-order chi connectivity index (χ0) is 20.3. The molecule has 0 unspecified atom stereocenters. The van der Waals surface area contributed by atoms with Gasteiger partial charge in [0, 0.05) is 22.0 Å². The second-order valence-corrected chi connectivity index (χ2v) is 9.13. The number of benzene rings is 1. The smallest absolute Gasteiger partial charge is 0.226 e. The summed E-state index contributed by atoms with van der Waals surface area (Å²) in [5, 5.41) is 9.29. The van der Waals surface area contributed by atoms with Crippen molar-refractivity contribution in [3.05, 3.63) is 51.4 Å². The van der Waals surface area contributed by atoms with Crippen LogP contribution in [0.2, 0.25) is 0 Å². The molecule has 1 aromatic carbocycles. The molecule has 5 nitrogen and oxygen atoms in total. The van der Waals surface area contributed by atoms with Crippen molar-refractivity contribution >= 4 is 28.6 Å². The van der Waals surface area contributed by atoms with Gasteiger partial charge in [0.25, 0.3) is 0 Å². The van der Waals surface area contributed by atoms with Crippen LogP contribution in [0.15, 0.2) is 35.0 Å². The van der Waals surface area contributed by atoms with E-state index in [4.69, 9.17) is 4.74 Å². The van der Waals surface area contributed by atoms with Crippen LogP contribution in [0.4, 0.5) is 0 Å². The summed E-state index contributed by atoms with van der Waals surface area (Å²) in [7, 11) is 0. The number of ether oxygens (including phenoxy) is 1. The third-order valence-electron chi connectivity index (χ3n) is 5.17. The fraction of sp³-hybridized carbons (Fsp3) is 0.409. The van der Waals surface area contributed by atoms with Gasteiger partial charge in [0.2, 0.25) is 5.91 Å². The summed E-state index contributed by atoms with van der Waals surface area (Å²) >= 11 is 3.21. The van der Waals surface area contributed by atoms with Gasteiger partial charge in [-0.3, -0.25) is 4.79 Å². The number of carbonyl (C=O) groups excluding carboxylic acids is 1. The Kier molecular flexibility index (Phi) is 5.96. The predicted molar refractivity (Wildman–Crippen MR) is 118 cm³/mol. The molecule has 1 aliphatic rings. The van der Waals surface area contributed by atoms with Crippen LogP contribution >= 0.6 is 22.7 Å². The summed E-state index contributed by atoms with van der Waals surface area (Å²) in [6.07, 6.45) is 4.45.